The maximum Gasteiger partial charge on any atom is 0.323 e. The van der Waals surface area contributed by atoms with Crippen molar-refractivity contribution in [3.63, 3.8) is 0 Å². The average molecular weight is 368 g/mol. The Balaban J connectivity index is 1.42. The van der Waals surface area contributed by atoms with Gasteiger partial charge in [-0.2, -0.15) is 0 Å². The molecule has 2 aliphatic rings. The molecule has 4 rings (SSSR count). The zero-order valence-electron chi connectivity index (χ0n) is 14.7. The second kappa shape index (κ2) is 7.67. The van der Waals surface area contributed by atoms with Gasteiger partial charge in [-0.1, -0.05) is 30.3 Å². The summed E-state index contributed by atoms with van der Waals surface area (Å²) in [5, 5.41) is 2.81. The molecule has 1 saturated heterocycles. The fraction of sp³-hybridized carbons (Fsp3) is 0.300. The summed E-state index contributed by atoms with van der Waals surface area (Å²) in [5.41, 5.74) is 1.69. The molecular formula is C20H20N2O5. The van der Waals surface area contributed by atoms with Gasteiger partial charge in [-0.3, -0.25) is 14.5 Å². The first-order valence-electron chi connectivity index (χ1n) is 8.83. The summed E-state index contributed by atoms with van der Waals surface area (Å²) in [7, 11) is 0. The minimum atomic E-state index is -0.604. The van der Waals surface area contributed by atoms with Crippen LogP contribution >= 0.6 is 0 Å². The van der Waals surface area contributed by atoms with Crippen molar-refractivity contribution in [2.75, 3.05) is 25.3 Å². The predicted octanol–water partition coefficient (Wildman–Crippen LogP) is 2.17. The molecule has 0 spiro atoms. The summed E-state index contributed by atoms with van der Waals surface area (Å²) in [4.78, 5) is 26.7. The molecular weight excluding hydrogens is 348 g/mol. The molecule has 7 heteroatoms. The van der Waals surface area contributed by atoms with Crippen LogP contribution < -0.4 is 14.8 Å². The highest BCUT2D eigenvalue weighted by atomic mass is 16.7. The fourth-order valence-corrected chi connectivity index (χ4v) is 3.25. The quantitative estimate of drug-likeness (QED) is 0.815. The number of hydrogen-bond acceptors (Lipinski definition) is 6. The number of cyclic esters (lactones) is 1. The molecule has 0 saturated carbocycles. The second-order valence-electron chi connectivity index (χ2n) is 6.46. The largest absolute Gasteiger partial charge is 0.463 e. The van der Waals surface area contributed by atoms with Crippen LogP contribution in [0.4, 0.5) is 5.69 Å². The lowest BCUT2D eigenvalue weighted by atomic mass is 10.1. The molecule has 1 fully saturated rings. The summed E-state index contributed by atoms with van der Waals surface area (Å²) in [6.45, 7) is 1.71. The van der Waals surface area contributed by atoms with E-state index < -0.39 is 6.04 Å². The number of fused-ring (bicyclic) bond motifs is 1. The number of benzene rings is 2. The number of esters is 1. The lowest BCUT2D eigenvalue weighted by Crippen LogP contribution is -2.49. The average Bonchev–Trinajstić information content (AvgIpc) is 3.13. The fourth-order valence-electron chi connectivity index (χ4n) is 3.25. The van der Waals surface area contributed by atoms with Crippen LogP contribution in [0, 0.1) is 0 Å². The Hall–Kier alpha value is -3.06. The summed E-state index contributed by atoms with van der Waals surface area (Å²) in [5.74, 6) is 0.627. The summed E-state index contributed by atoms with van der Waals surface area (Å²) >= 11 is 0. The maximum absolute atomic E-state index is 12.5. The van der Waals surface area contributed by atoms with Crippen LogP contribution in [0.2, 0.25) is 0 Å². The van der Waals surface area contributed by atoms with Gasteiger partial charge < -0.3 is 19.5 Å². The van der Waals surface area contributed by atoms with Crippen molar-refractivity contribution in [1.82, 2.24) is 4.90 Å². The van der Waals surface area contributed by atoms with Gasteiger partial charge in [-0.15, -0.1) is 0 Å². The molecule has 2 aromatic rings. The zero-order chi connectivity index (χ0) is 18.6. The Labute approximate surface area is 156 Å². The van der Waals surface area contributed by atoms with Crippen LogP contribution in [0.3, 0.4) is 0 Å². The molecule has 1 atom stereocenters. The van der Waals surface area contributed by atoms with E-state index in [4.69, 9.17) is 14.2 Å². The van der Waals surface area contributed by atoms with E-state index in [1.54, 1.807) is 18.2 Å². The lowest BCUT2D eigenvalue weighted by Gasteiger charge is -2.33. The third-order valence-corrected chi connectivity index (χ3v) is 4.60. The first-order valence-corrected chi connectivity index (χ1v) is 8.83. The number of nitrogens with zero attached hydrogens (tertiary/aromatic N) is 1. The smallest absolute Gasteiger partial charge is 0.323 e. The third kappa shape index (κ3) is 4.03. The van der Waals surface area contributed by atoms with Crippen molar-refractivity contribution in [1.29, 1.82) is 0 Å². The van der Waals surface area contributed by atoms with Crippen molar-refractivity contribution in [3.8, 4) is 11.5 Å². The summed E-state index contributed by atoms with van der Waals surface area (Å²) < 4.78 is 15.8. The van der Waals surface area contributed by atoms with E-state index in [-0.39, 0.29) is 25.1 Å². The van der Waals surface area contributed by atoms with E-state index in [9.17, 15) is 9.59 Å². The minimum Gasteiger partial charge on any atom is -0.463 e. The van der Waals surface area contributed by atoms with Crippen molar-refractivity contribution >= 4 is 17.6 Å². The Kier molecular flexibility index (Phi) is 4.93. The summed E-state index contributed by atoms with van der Waals surface area (Å²) in [6.07, 6.45) is 0.0279. The van der Waals surface area contributed by atoms with Gasteiger partial charge in [0.25, 0.3) is 0 Å². The monoisotopic (exact) mass is 368 g/mol. The molecule has 0 radical (unpaired) electrons. The number of hydrogen-bond donors (Lipinski definition) is 1. The van der Waals surface area contributed by atoms with E-state index in [0.717, 1.165) is 5.56 Å². The van der Waals surface area contributed by atoms with Gasteiger partial charge in [0.1, 0.15) is 12.6 Å². The molecule has 0 bridgehead atoms. The topological polar surface area (TPSA) is 77.1 Å². The highest BCUT2D eigenvalue weighted by Gasteiger charge is 2.33. The van der Waals surface area contributed by atoms with Gasteiger partial charge in [0.05, 0.1) is 6.42 Å². The Morgan fingerprint density at radius 2 is 1.89 bits per heavy atom. The SMILES string of the molecule is O=C(C[C@H]1C(=O)OCCN1Cc1ccccc1)Nc1ccc2c(c1)OCO2. The molecule has 27 heavy (non-hydrogen) atoms. The molecule has 0 unspecified atom stereocenters. The number of nitrogens with one attached hydrogen (secondary N) is 1. The minimum absolute atomic E-state index is 0.0279. The van der Waals surface area contributed by atoms with Crippen molar-refractivity contribution in [3.05, 3.63) is 54.1 Å². The standard InChI is InChI=1S/C20H20N2O5/c23-19(21-15-6-7-17-18(10-15)27-13-26-17)11-16-20(24)25-9-8-22(16)12-14-4-2-1-3-5-14/h1-7,10,16H,8-9,11-13H2,(H,21,23)/t16-/m0/s1. The molecule has 2 aliphatic heterocycles. The number of ether oxygens (including phenoxy) is 3. The van der Waals surface area contributed by atoms with E-state index in [0.29, 0.717) is 36.9 Å². The van der Waals surface area contributed by atoms with Crippen LogP contribution in [0.5, 0.6) is 11.5 Å². The van der Waals surface area contributed by atoms with Crippen LogP contribution in [-0.4, -0.2) is 42.8 Å². The molecule has 0 aliphatic carbocycles. The Morgan fingerprint density at radius 3 is 2.74 bits per heavy atom. The first kappa shape index (κ1) is 17.4. The highest BCUT2D eigenvalue weighted by Crippen LogP contribution is 2.34. The van der Waals surface area contributed by atoms with E-state index in [1.165, 1.54) is 0 Å². The number of morpholine rings is 1. The van der Waals surface area contributed by atoms with Crippen LogP contribution in [0.1, 0.15) is 12.0 Å². The van der Waals surface area contributed by atoms with Crippen LogP contribution in [0.25, 0.3) is 0 Å². The zero-order valence-corrected chi connectivity index (χ0v) is 14.7. The number of carbonyl (C=O) groups excluding carboxylic acids is 2. The van der Waals surface area contributed by atoms with Crippen molar-refractivity contribution in [2.24, 2.45) is 0 Å². The van der Waals surface area contributed by atoms with Gasteiger partial charge in [-0.05, 0) is 17.7 Å². The molecule has 140 valence electrons. The Bertz CT molecular complexity index is 840. The molecule has 1 amide bonds. The van der Waals surface area contributed by atoms with E-state index >= 15 is 0 Å². The van der Waals surface area contributed by atoms with Crippen LogP contribution in [-0.2, 0) is 20.9 Å². The maximum atomic E-state index is 12.5. The van der Waals surface area contributed by atoms with E-state index in [1.807, 2.05) is 35.2 Å². The number of amides is 1. The van der Waals surface area contributed by atoms with Gasteiger partial charge >= 0.3 is 5.97 Å². The van der Waals surface area contributed by atoms with Crippen molar-refractivity contribution < 1.29 is 23.8 Å². The highest BCUT2D eigenvalue weighted by molar-refractivity contribution is 5.94. The second-order valence-corrected chi connectivity index (χ2v) is 6.46. The first-order chi connectivity index (χ1) is 13.2. The lowest BCUT2D eigenvalue weighted by molar-refractivity contribution is -0.159. The van der Waals surface area contributed by atoms with Gasteiger partial charge in [0.15, 0.2) is 11.5 Å². The Morgan fingerprint density at radius 1 is 1.07 bits per heavy atom. The number of anilines is 1. The van der Waals surface area contributed by atoms with Gasteiger partial charge in [-0.25, -0.2) is 0 Å². The molecule has 2 heterocycles. The normalized spacial score (nSPS) is 18.8. The van der Waals surface area contributed by atoms with Gasteiger partial charge in [0.2, 0.25) is 12.7 Å². The van der Waals surface area contributed by atoms with Gasteiger partial charge in [0, 0.05) is 24.8 Å². The molecule has 7 nitrogen and oxygen atoms in total. The van der Waals surface area contributed by atoms with E-state index in [2.05, 4.69) is 5.32 Å². The molecule has 1 N–H and O–H groups in total. The number of carbonyl (C=O) groups is 2. The third-order valence-electron chi connectivity index (χ3n) is 4.60. The predicted molar refractivity (Wildman–Crippen MR) is 97.4 cm³/mol. The van der Waals surface area contributed by atoms with Crippen molar-refractivity contribution in [2.45, 2.75) is 19.0 Å². The summed E-state index contributed by atoms with van der Waals surface area (Å²) in [6, 6.07) is 14.5. The number of rotatable bonds is 5. The molecule has 0 aromatic heterocycles. The van der Waals surface area contributed by atoms with Crippen LogP contribution in [0.15, 0.2) is 48.5 Å². The molecule has 2 aromatic carbocycles.